The van der Waals surface area contributed by atoms with Gasteiger partial charge in [0.05, 0.1) is 12.1 Å². The largest absolute Gasteiger partial charge is 0.475 e. The van der Waals surface area contributed by atoms with Gasteiger partial charge >= 0.3 is 5.97 Å². The van der Waals surface area contributed by atoms with E-state index in [9.17, 15) is 14.4 Å². The number of carboxylic acid groups (broad SMARTS) is 1. The van der Waals surface area contributed by atoms with Crippen molar-refractivity contribution in [3.63, 3.8) is 0 Å². The number of ketones is 2. The van der Waals surface area contributed by atoms with Crippen molar-refractivity contribution in [1.29, 1.82) is 0 Å². The Morgan fingerprint density at radius 3 is 2.50 bits per heavy atom. The van der Waals surface area contributed by atoms with Crippen LogP contribution in [-0.4, -0.2) is 27.2 Å². The molecule has 0 fully saturated rings. The van der Waals surface area contributed by atoms with E-state index in [1.54, 1.807) is 17.7 Å². The number of Topliss-reactive ketones (excluding diaryl/α,β-unsaturated/α-hetero) is 2. The van der Waals surface area contributed by atoms with Crippen LogP contribution in [0.5, 0.6) is 0 Å². The molecule has 0 saturated heterocycles. The van der Waals surface area contributed by atoms with Crippen LogP contribution in [0.25, 0.3) is 10.9 Å². The van der Waals surface area contributed by atoms with E-state index in [0.29, 0.717) is 5.69 Å². The van der Waals surface area contributed by atoms with E-state index in [1.807, 2.05) is 24.3 Å². The van der Waals surface area contributed by atoms with Gasteiger partial charge in [-0.15, -0.1) is 0 Å². The number of aromatic nitrogens is 1. The SMILES string of the molecule is Cn1c(C(=O)CC(=O)C(=O)O)cc2ccccc21. The summed E-state index contributed by atoms with van der Waals surface area (Å²) in [6, 6.07) is 9.06. The molecule has 1 aromatic carbocycles. The Morgan fingerprint density at radius 2 is 1.89 bits per heavy atom. The number of fused-ring (bicyclic) bond motifs is 1. The fourth-order valence-corrected chi connectivity index (χ4v) is 1.87. The summed E-state index contributed by atoms with van der Waals surface area (Å²) < 4.78 is 1.66. The van der Waals surface area contributed by atoms with Crippen LogP contribution in [0.3, 0.4) is 0 Å². The first-order valence-corrected chi connectivity index (χ1v) is 5.34. The highest BCUT2D eigenvalue weighted by atomic mass is 16.4. The van der Waals surface area contributed by atoms with Gasteiger partial charge in [0.2, 0.25) is 5.78 Å². The van der Waals surface area contributed by atoms with E-state index in [1.165, 1.54) is 0 Å². The summed E-state index contributed by atoms with van der Waals surface area (Å²) in [6.45, 7) is 0. The van der Waals surface area contributed by atoms with Crippen LogP contribution in [0, 0.1) is 0 Å². The molecule has 0 saturated carbocycles. The average Bonchev–Trinajstić information content (AvgIpc) is 2.67. The molecule has 0 spiro atoms. The summed E-state index contributed by atoms with van der Waals surface area (Å²) in [5.41, 5.74) is 1.20. The minimum Gasteiger partial charge on any atom is -0.475 e. The van der Waals surface area contributed by atoms with E-state index in [2.05, 4.69) is 0 Å². The third kappa shape index (κ3) is 2.02. The fourth-order valence-electron chi connectivity index (χ4n) is 1.87. The highest BCUT2D eigenvalue weighted by Gasteiger charge is 2.20. The number of carboxylic acids is 1. The van der Waals surface area contributed by atoms with Gasteiger partial charge in [-0.05, 0) is 12.1 Å². The smallest absolute Gasteiger partial charge is 0.372 e. The minimum absolute atomic E-state index is 0.339. The predicted molar refractivity (Wildman–Crippen MR) is 64.5 cm³/mol. The molecular weight excluding hydrogens is 234 g/mol. The molecule has 18 heavy (non-hydrogen) atoms. The van der Waals surface area contributed by atoms with Gasteiger partial charge in [-0.2, -0.15) is 0 Å². The lowest BCUT2D eigenvalue weighted by Gasteiger charge is -2.01. The number of carbonyl (C=O) groups is 3. The van der Waals surface area contributed by atoms with E-state index in [4.69, 9.17) is 5.11 Å². The van der Waals surface area contributed by atoms with E-state index in [0.717, 1.165) is 10.9 Å². The van der Waals surface area contributed by atoms with Gasteiger partial charge in [0.25, 0.3) is 0 Å². The van der Waals surface area contributed by atoms with Crippen LogP contribution in [0.15, 0.2) is 30.3 Å². The lowest BCUT2D eigenvalue weighted by molar-refractivity contribution is -0.148. The van der Waals surface area contributed by atoms with Crippen LogP contribution < -0.4 is 0 Å². The summed E-state index contributed by atoms with van der Waals surface area (Å²) in [4.78, 5) is 33.3. The van der Waals surface area contributed by atoms with Crippen molar-refractivity contribution >= 4 is 28.4 Å². The quantitative estimate of drug-likeness (QED) is 0.502. The number of hydrogen-bond acceptors (Lipinski definition) is 3. The Balaban J connectivity index is 2.37. The molecule has 0 amide bonds. The maximum atomic E-state index is 11.8. The number of benzene rings is 1. The highest BCUT2D eigenvalue weighted by Crippen LogP contribution is 2.19. The van der Waals surface area contributed by atoms with Crippen LogP contribution in [-0.2, 0) is 16.6 Å². The van der Waals surface area contributed by atoms with Crippen LogP contribution in [0.1, 0.15) is 16.9 Å². The van der Waals surface area contributed by atoms with Gasteiger partial charge in [-0.3, -0.25) is 9.59 Å². The summed E-state index contributed by atoms with van der Waals surface area (Å²) >= 11 is 0. The topological polar surface area (TPSA) is 76.4 Å². The number of rotatable bonds is 4. The van der Waals surface area contributed by atoms with Crippen molar-refractivity contribution in [2.24, 2.45) is 7.05 Å². The number of aryl methyl sites for hydroxylation is 1. The van der Waals surface area contributed by atoms with Crippen LogP contribution >= 0.6 is 0 Å². The Labute approximate surface area is 103 Å². The second kappa shape index (κ2) is 4.44. The second-order valence-electron chi connectivity index (χ2n) is 3.98. The third-order valence-corrected chi connectivity index (χ3v) is 2.80. The maximum Gasteiger partial charge on any atom is 0.372 e. The lowest BCUT2D eigenvalue weighted by Crippen LogP contribution is -2.18. The monoisotopic (exact) mass is 245 g/mol. The van der Waals surface area contributed by atoms with Gasteiger partial charge in [-0.1, -0.05) is 18.2 Å². The molecule has 0 aliphatic carbocycles. The number of nitrogens with zero attached hydrogens (tertiary/aromatic N) is 1. The minimum atomic E-state index is -1.58. The molecule has 1 aromatic heterocycles. The molecule has 0 atom stereocenters. The Morgan fingerprint density at radius 1 is 1.22 bits per heavy atom. The van der Waals surface area contributed by atoms with Gasteiger partial charge in [0.1, 0.15) is 0 Å². The summed E-state index contributed by atoms with van der Waals surface area (Å²) in [6.07, 6.45) is -0.612. The van der Waals surface area contributed by atoms with Gasteiger partial charge in [0.15, 0.2) is 5.78 Å². The number of aliphatic carboxylic acids is 1. The molecule has 5 heteroatoms. The van der Waals surface area contributed by atoms with Crippen LogP contribution in [0.4, 0.5) is 0 Å². The van der Waals surface area contributed by atoms with Crippen molar-refractivity contribution in [2.75, 3.05) is 0 Å². The number of hydrogen-bond donors (Lipinski definition) is 1. The van der Waals surface area contributed by atoms with E-state index in [-0.39, 0.29) is 0 Å². The molecule has 1 heterocycles. The Bertz CT molecular complexity index is 654. The lowest BCUT2D eigenvalue weighted by atomic mass is 10.1. The van der Waals surface area contributed by atoms with E-state index >= 15 is 0 Å². The second-order valence-corrected chi connectivity index (χ2v) is 3.98. The standard InChI is InChI=1S/C13H11NO4/c1-14-9-5-3-2-4-8(9)6-10(14)11(15)7-12(16)13(17)18/h2-6H,7H2,1H3,(H,17,18). The molecule has 0 bridgehead atoms. The molecule has 92 valence electrons. The molecule has 0 aliphatic heterocycles. The fraction of sp³-hybridized carbons (Fsp3) is 0.154. The van der Waals surface area contributed by atoms with Crippen molar-refractivity contribution in [3.05, 3.63) is 36.0 Å². The zero-order chi connectivity index (χ0) is 13.3. The van der Waals surface area contributed by atoms with Crippen molar-refractivity contribution in [1.82, 2.24) is 4.57 Å². The molecule has 5 nitrogen and oxygen atoms in total. The zero-order valence-electron chi connectivity index (χ0n) is 9.71. The molecular formula is C13H11NO4. The normalized spacial score (nSPS) is 10.5. The van der Waals surface area contributed by atoms with Crippen molar-refractivity contribution < 1.29 is 19.5 Å². The molecule has 1 N–H and O–H groups in total. The number of para-hydroxylation sites is 1. The Hall–Kier alpha value is -2.43. The van der Waals surface area contributed by atoms with Crippen molar-refractivity contribution in [2.45, 2.75) is 6.42 Å². The first-order chi connectivity index (χ1) is 8.50. The molecule has 2 rings (SSSR count). The summed E-state index contributed by atoms with van der Waals surface area (Å²) in [7, 11) is 1.71. The zero-order valence-corrected chi connectivity index (χ0v) is 9.71. The third-order valence-electron chi connectivity index (χ3n) is 2.80. The highest BCUT2D eigenvalue weighted by molar-refractivity contribution is 6.37. The van der Waals surface area contributed by atoms with Gasteiger partial charge in [0, 0.05) is 18.0 Å². The first kappa shape index (κ1) is 12.0. The van der Waals surface area contributed by atoms with Gasteiger partial charge in [-0.25, -0.2) is 4.79 Å². The maximum absolute atomic E-state index is 11.8. The van der Waals surface area contributed by atoms with Crippen molar-refractivity contribution in [3.8, 4) is 0 Å². The summed E-state index contributed by atoms with van der Waals surface area (Å²) in [5.74, 6) is -3.16. The number of carbonyl (C=O) groups excluding carboxylic acids is 2. The molecule has 2 aromatic rings. The first-order valence-electron chi connectivity index (χ1n) is 5.34. The summed E-state index contributed by atoms with van der Waals surface area (Å²) in [5, 5.41) is 9.36. The molecule has 0 unspecified atom stereocenters. The van der Waals surface area contributed by atoms with Gasteiger partial charge < -0.3 is 9.67 Å². The Kier molecular flexibility index (Phi) is 2.97. The van der Waals surface area contributed by atoms with Crippen LogP contribution in [0.2, 0.25) is 0 Å². The van der Waals surface area contributed by atoms with E-state index < -0.39 is 24.0 Å². The molecule has 0 radical (unpaired) electrons. The average molecular weight is 245 g/mol. The molecule has 0 aliphatic rings. The predicted octanol–water partition coefficient (Wildman–Crippen LogP) is 1.40.